The molecule has 0 saturated heterocycles. The molecule has 100 valence electrons. The summed E-state index contributed by atoms with van der Waals surface area (Å²) in [5.41, 5.74) is 0.356. The lowest BCUT2D eigenvalue weighted by Crippen LogP contribution is -2.30. The zero-order valence-electron chi connectivity index (χ0n) is 9.70. The molecule has 4 nitrogen and oxygen atoms in total. The number of rotatable bonds is 6. The van der Waals surface area contributed by atoms with Gasteiger partial charge in [0.2, 0.25) is 5.91 Å². The Balaban J connectivity index is 2.42. The summed E-state index contributed by atoms with van der Waals surface area (Å²) in [5.74, 6) is -0.489. The van der Waals surface area contributed by atoms with E-state index in [2.05, 4.69) is 5.32 Å². The van der Waals surface area contributed by atoms with E-state index in [1.807, 2.05) is 0 Å². The third-order valence-corrected chi connectivity index (χ3v) is 3.62. The molecule has 18 heavy (non-hydrogen) atoms. The summed E-state index contributed by atoms with van der Waals surface area (Å²) in [7, 11) is 0. The Labute approximate surface area is 119 Å². The van der Waals surface area contributed by atoms with Gasteiger partial charge in [-0.25, -0.2) is 0 Å². The Morgan fingerprint density at radius 2 is 2.11 bits per heavy atom. The fraction of sp³-hybridized carbons (Fsp3) is 0.455. The van der Waals surface area contributed by atoms with Gasteiger partial charge in [0.25, 0.3) is 0 Å². The number of carbonyl (C=O) groups is 2. The Bertz CT molecular complexity index is 445. The molecule has 1 aromatic heterocycles. The zero-order valence-corrected chi connectivity index (χ0v) is 12.0. The maximum atomic E-state index is 11.8. The van der Waals surface area contributed by atoms with Crippen LogP contribution < -0.4 is 5.32 Å². The highest BCUT2D eigenvalue weighted by molar-refractivity contribution is 7.20. The molecule has 0 saturated carbocycles. The maximum absolute atomic E-state index is 11.8. The molecule has 1 atom stereocenters. The van der Waals surface area contributed by atoms with Gasteiger partial charge >= 0.3 is 0 Å². The molecule has 2 N–H and O–H groups in total. The lowest BCUT2D eigenvalue weighted by atomic mass is 10.1. The summed E-state index contributed by atoms with van der Waals surface area (Å²) in [4.78, 5) is 23.1. The normalized spacial score (nSPS) is 12.2. The topological polar surface area (TPSA) is 66.4 Å². The van der Waals surface area contributed by atoms with Crippen LogP contribution in [0.3, 0.4) is 0 Å². The van der Waals surface area contributed by atoms with Crippen molar-refractivity contribution in [2.24, 2.45) is 0 Å². The summed E-state index contributed by atoms with van der Waals surface area (Å²) in [5, 5.41) is 11.5. The van der Waals surface area contributed by atoms with Crippen LogP contribution >= 0.6 is 34.5 Å². The minimum atomic E-state index is -0.602. The average molecular weight is 310 g/mol. The number of Topliss-reactive ketones (excluding diaryl/α,β-unsaturated/α-hetero) is 1. The molecule has 1 aromatic rings. The maximum Gasteiger partial charge on any atom is 0.220 e. The average Bonchev–Trinajstić information content (AvgIpc) is 2.62. The van der Waals surface area contributed by atoms with Crippen molar-refractivity contribution in [2.45, 2.75) is 25.9 Å². The molecule has 1 unspecified atom stereocenters. The minimum Gasteiger partial charge on any atom is -0.392 e. The van der Waals surface area contributed by atoms with Gasteiger partial charge in [-0.1, -0.05) is 23.2 Å². The van der Waals surface area contributed by atoms with Crippen LogP contribution in [0.15, 0.2) is 6.07 Å². The standard InChI is InChI=1S/C11H13Cl2NO3S/c1-6(15)5-14-10(17)3-2-8(16)7-4-9(12)18-11(7)13/h4,6,15H,2-3,5H2,1H3,(H,14,17). The van der Waals surface area contributed by atoms with E-state index in [0.717, 1.165) is 11.3 Å². The van der Waals surface area contributed by atoms with Crippen molar-refractivity contribution in [3.8, 4) is 0 Å². The number of ketones is 1. The van der Waals surface area contributed by atoms with Gasteiger partial charge in [-0.05, 0) is 13.0 Å². The number of carbonyl (C=O) groups excluding carboxylic acids is 2. The lowest BCUT2D eigenvalue weighted by Gasteiger charge is -2.06. The number of amides is 1. The largest absolute Gasteiger partial charge is 0.392 e. The van der Waals surface area contributed by atoms with E-state index in [1.165, 1.54) is 6.07 Å². The molecule has 7 heteroatoms. The van der Waals surface area contributed by atoms with E-state index < -0.39 is 6.10 Å². The van der Waals surface area contributed by atoms with Crippen LogP contribution in [0.4, 0.5) is 0 Å². The number of hydrogen-bond acceptors (Lipinski definition) is 4. The second-order valence-electron chi connectivity index (χ2n) is 3.81. The molecule has 0 spiro atoms. The van der Waals surface area contributed by atoms with Gasteiger partial charge in [-0.3, -0.25) is 9.59 Å². The highest BCUT2D eigenvalue weighted by atomic mass is 35.5. The van der Waals surface area contributed by atoms with Crippen LogP contribution in [0.25, 0.3) is 0 Å². The molecule has 0 aliphatic carbocycles. The van der Waals surface area contributed by atoms with Crippen molar-refractivity contribution < 1.29 is 14.7 Å². The molecule has 1 heterocycles. The van der Waals surface area contributed by atoms with Crippen molar-refractivity contribution in [2.75, 3.05) is 6.54 Å². The number of nitrogens with one attached hydrogen (secondary N) is 1. The molecular weight excluding hydrogens is 297 g/mol. The monoisotopic (exact) mass is 309 g/mol. The van der Waals surface area contributed by atoms with E-state index in [-0.39, 0.29) is 31.1 Å². The van der Waals surface area contributed by atoms with Crippen LogP contribution in [0.2, 0.25) is 8.67 Å². The summed E-state index contributed by atoms with van der Waals surface area (Å²) in [6, 6.07) is 1.50. The van der Waals surface area contributed by atoms with E-state index in [9.17, 15) is 9.59 Å². The molecule has 0 aromatic carbocycles. The van der Waals surface area contributed by atoms with Crippen molar-refractivity contribution in [3.05, 3.63) is 20.3 Å². The summed E-state index contributed by atoms with van der Waals surface area (Å²) < 4.78 is 0.788. The third-order valence-electron chi connectivity index (χ3n) is 2.13. The van der Waals surface area contributed by atoms with E-state index in [4.69, 9.17) is 28.3 Å². The van der Waals surface area contributed by atoms with Crippen molar-refractivity contribution in [1.29, 1.82) is 0 Å². The van der Waals surface area contributed by atoms with Crippen LogP contribution in [0.5, 0.6) is 0 Å². The van der Waals surface area contributed by atoms with Crippen LogP contribution in [-0.2, 0) is 4.79 Å². The smallest absolute Gasteiger partial charge is 0.220 e. The molecule has 0 fully saturated rings. The van der Waals surface area contributed by atoms with Gasteiger partial charge in [0, 0.05) is 24.9 Å². The number of hydrogen-bond donors (Lipinski definition) is 2. The minimum absolute atomic E-state index is 0.0648. The summed E-state index contributed by atoms with van der Waals surface area (Å²) in [6.07, 6.45) is -0.469. The van der Waals surface area contributed by atoms with Crippen LogP contribution in [-0.4, -0.2) is 29.4 Å². The Morgan fingerprint density at radius 3 is 2.61 bits per heavy atom. The lowest BCUT2D eigenvalue weighted by molar-refractivity contribution is -0.121. The Morgan fingerprint density at radius 1 is 1.44 bits per heavy atom. The molecule has 1 amide bonds. The number of aliphatic hydroxyl groups is 1. The Kier molecular flexibility index (Phi) is 6.08. The molecule has 0 aliphatic heterocycles. The first-order chi connectivity index (χ1) is 8.40. The van der Waals surface area contributed by atoms with Gasteiger partial charge in [-0.2, -0.15) is 0 Å². The number of aliphatic hydroxyl groups excluding tert-OH is 1. The second kappa shape index (κ2) is 7.09. The van der Waals surface area contributed by atoms with E-state index >= 15 is 0 Å². The van der Waals surface area contributed by atoms with E-state index in [0.29, 0.717) is 14.2 Å². The van der Waals surface area contributed by atoms with Gasteiger partial charge < -0.3 is 10.4 Å². The molecule has 1 rings (SSSR count). The van der Waals surface area contributed by atoms with Gasteiger partial charge in [-0.15, -0.1) is 11.3 Å². The van der Waals surface area contributed by atoms with Crippen molar-refractivity contribution >= 4 is 46.2 Å². The predicted octanol–water partition coefficient (Wildman–Crippen LogP) is 2.51. The number of thiophene rings is 1. The molecule has 0 radical (unpaired) electrons. The Hall–Kier alpha value is -0.620. The predicted molar refractivity (Wildman–Crippen MR) is 72.6 cm³/mol. The summed E-state index contributed by atoms with van der Waals surface area (Å²) in [6.45, 7) is 1.75. The SMILES string of the molecule is CC(O)CNC(=O)CCC(=O)c1cc(Cl)sc1Cl. The van der Waals surface area contributed by atoms with Crippen LogP contribution in [0, 0.1) is 0 Å². The summed E-state index contributed by atoms with van der Waals surface area (Å²) >= 11 is 12.7. The van der Waals surface area contributed by atoms with Crippen molar-refractivity contribution in [3.63, 3.8) is 0 Å². The first-order valence-electron chi connectivity index (χ1n) is 5.33. The molecule has 0 bridgehead atoms. The first-order valence-corrected chi connectivity index (χ1v) is 6.90. The molecule has 0 aliphatic rings. The highest BCUT2D eigenvalue weighted by Crippen LogP contribution is 2.31. The third kappa shape index (κ3) is 4.94. The highest BCUT2D eigenvalue weighted by Gasteiger charge is 2.15. The van der Waals surface area contributed by atoms with Gasteiger partial charge in [0.1, 0.15) is 4.34 Å². The van der Waals surface area contributed by atoms with Gasteiger partial charge in [0.15, 0.2) is 5.78 Å². The number of halogens is 2. The second-order valence-corrected chi connectivity index (χ2v) is 6.10. The van der Waals surface area contributed by atoms with Crippen molar-refractivity contribution in [1.82, 2.24) is 5.32 Å². The van der Waals surface area contributed by atoms with Gasteiger partial charge in [0.05, 0.1) is 10.4 Å². The first kappa shape index (κ1) is 15.4. The fourth-order valence-corrected chi connectivity index (χ4v) is 2.74. The fourth-order valence-electron chi connectivity index (χ4n) is 1.24. The zero-order chi connectivity index (χ0) is 13.7. The van der Waals surface area contributed by atoms with Crippen LogP contribution in [0.1, 0.15) is 30.1 Å². The van der Waals surface area contributed by atoms with E-state index in [1.54, 1.807) is 6.92 Å². The molecular formula is C11H13Cl2NO3S. The quantitative estimate of drug-likeness (QED) is 0.793.